The van der Waals surface area contributed by atoms with Crippen molar-refractivity contribution in [3.8, 4) is 5.88 Å². The molecule has 1 aromatic carbocycles. The Labute approximate surface area is 136 Å². The number of para-hydroxylation sites is 1. The maximum absolute atomic E-state index is 13.4. The minimum Gasteiger partial charge on any atom is -0.479 e. The van der Waals surface area contributed by atoms with Gasteiger partial charge in [0.05, 0.1) is 24.4 Å². The summed E-state index contributed by atoms with van der Waals surface area (Å²) in [5, 5.41) is 3.52. The largest absolute Gasteiger partial charge is 0.479 e. The third-order valence-electron chi connectivity index (χ3n) is 4.05. The number of rotatable bonds is 2. The summed E-state index contributed by atoms with van der Waals surface area (Å²) in [6.07, 6.45) is -4.57. The van der Waals surface area contributed by atoms with E-state index in [-0.39, 0.29) is 23.9 Å². The highest BCUT2D eigenvalue weighted by molar-refractivity contribution is 6.06. The molecule has 0 N–H and O–H groups in total. The minimum atomic E-state index is -4.57. The second-order valence-corrected chi connectivity index (χ2v) is 6.21. The van der Waals surface area contributed by atoms with E-state index in [2.05, 4.69) is 5.16 Å². The molecule has 2 aromatic rings. The molecule has 0 radical (unpaired) electrons. The van der Waals surface area contributed by atoms with Crippen molar-refractivity contribution in [1.82, 2.24) is 5.16 Å². The van der Waals surface area contributed by atoms with Crippen LogP contribution < -0.4 is 9.64 Å². The molecule has 1 aliphatic heterocycles. The van der Waals surface area contributed by atoms with Crippen LogP contribution in [0.1, 0.15) is 35.5 Å². The number of carbonyl (C=O) groups is 1. The summed E-state index contributed by atoms with van der Waals surface area (Å²) in [4.78, 5) is 13.8. The van der Waals surface area contributed by atoms with Crippen molar-refractivity contribution in [1.29, 1.82) is 0 Å². The van der Waals surface area contributed by atoms with Crippen molar-refractivity contribution < 1.29 is 27.2 Å². The molecular formula is C16H15F3N2O3. The standard InChI is InChI=1S/C16H15F3N2O3/c1-15(2)8-21(14(22)11-7-12(23-3)20-24-11)13-9(15)5-4-6-10(13)16(17,18)19/h4-7H,8H2,1-3H3. The highest BCUT2D eigenvalue weighted by Crippen LogP contribution is 2.47. The lowest BCUT2D eigenvalue weighted by Crippen LogP contribution is -2.34. The van der Waals surface area contributed by atoms with Crippen LogP contribution in [0, 0.1) is 0 Å². The first-order valence-electron chi connectivity index (χ1n) is 7.18. The first kappa shape index (κ1) is 16.4. The fourth-order valence-corrected chi connectivity index (χ4v) is 2.93. The number of hydrogen-bond donors (Lipinski definition) is 0. The molecule has 1 aromatic heterocycles. The van der Waals surface area contributed by atoms with Crippen LogP contribution in [0.25, 0.3) is 0 Å². The topological polar surface area (TPSA) is 55.6 Å². The van der Waals surface area contributed by atoms with Crippen LogP contribution in [0.15, 0.2) is 28.8 Å². The average Bonchev–Trinajstić information content (AvgIpc) is 3.08. The Morgan fingerprint density at radius 2 is 2.08 bits per heavy atom. The monoisotopic (exact) mass is 340 g/mol. The normalized spacial score (nSPS) is 16.2. The zero-order chi connectivity index (χ0) is 17.7. The second-order valence-electron chi connectivity index (χ2n) is 6.21. The molecule has 8 heteroatoms. The van der Waals surface area contributed by atoms with Crippen molar-refractivity contribution in [2.75, 3.05) is 18.6 Å². The molecule has 5 nitrogen and oxygen atoms in total. The average molecular weight is 340 g/mol. The molecule has 0 spiro atoms. The molecule has 0 aliphatic carbocycles. The van der Waals surface area contributed by atoms with E-state index in [0.717, 1.165) is 11.0 Å². The Kier molecular flexibility index (Phi) is 3.58. The molecule has 0 fully saturated rings. The van der Waals surface area contributed by atoms with Gasteiger partial charge in [0.2, 0.25) is 5.76 Å². The van der Waals surface area contributed by atoms with Crippen LogP contribution >= 0.6 is 0 Å². The third kappa shape index (κ3) is 2.51. The van der Waals surface area contributed by atoms with Crippen molar-refractivity contribution in [3.63, 3.8) is 0 Å². The van der Waals surface area contributed by atoms with E-state index in [9.17, 15) is 18.0 Å². The van der Waals surface area contributed by atoms with E-state index >= 15 is 0 Å². The van der Waals surface area contributed by atoms with E-state index in [4.69, 9.17) is 9.26 Å². The van der Waals surface area contributed by atoms with Crippen molar-refractivity contribution in [3.05, 3.63) is 41.2 Å². The number of alkyl halides is 3. The summed E-state index contributed by atoms with van der Waals surface area (Å²) in [5.74, 6) is -0.775. The third-order valence-corrected chi connectivity index (χ3v) is 4.05. The fraction of sp³-hybridized carbons (Fsp3) is 0.375. The van der Waals surface area contributed by atoms with Gasteiger partial charge in [-0.3, -0.25) is 4.79 Å². The predicted octanol–water partition coefficient (Wildman–Crippen LogP) is 3.64. The van der Waals surface area contributed by atoms with Crippen LogP contribution in [-0.2, 0) is 11.6 Å². The summed E-state index contributed by atoms with van der Waals surface area (Å²) in [6, 6.07) is 5.19. The number of methoxy groups -OCH3 is 1. The summed E-state index contributed by atoms with van der Waals surface area (Å²) in [5.41, 5.74) is -1.12. The van der Waals surface area contributed by atoms with Gasteiger partial charge in [-0.15, -0.1) is 0 Å². The number of carbonyl (C=O) groups excluding carboxylic acids is 1. The van der Waals surface area contributed by atoms with Gasteiger partial charge in [-0.2, -0.15) is 13.2 Å². The van der Waals surface area contributed by atoms with Gasteiger partial charge in [0.1, 0.15) is 0 Å². The van der Waals surface area contributed by atoms with Gasteiger partial charge in [-0.25, -0.2) is 0 Å². The SMILES string of the molecule is COc1cc(C(=O)N2CC(C)(C)c3cccc(C(F)(F)F)c32)on1. The van der Waals surface area contributed by atoms with Crippen LogP contribution in [0.2, 0.25) is 0 Å². The maximum Gasteiger partial charge on any atom is 0.418 e. The molecule has 0 saturated carbocycles. The molecule has 0 saturated heterocycles. The van der Waals surface area contributed by atoms with E-state index in [1.165, 1.54) is 19.2 Å². The first-order chi connectivity index (χ1) is 11.1. The molecule has 0 unspecified atom stereocenters. The molecule has 0 bridgehead atoms. The van der Waals surface area contributed by atoms with E-state index in [1.807, 2.05) is 0 Å². The molecule has 128 valence electrons. The lowest BCUT2D eigenvalue weighted by atomic mass is 9.86. The summed E-state index contributed by atoms with van der Waals surface area (Å²) >= 11 is 0. The smallest absolute Gasteiger partial charge is 0.418 e. The van der Waals surface area contributed by atoms with Crippen LogP contribution in [0.3, 0.4) is 0 Å². The first-order valence-corrected chi connectivity index (χ1v) is 7.18. The van der Waals surface area contributed by atoms with Gasteiger partial charge < -0.3 is 14.2 Å². The molecule has 1 amide bonds. The highest BCUT2D eigenvalue weighted by Gasteiger charge is 2.45. The predicted molar refractivity (Wildman–Crippen MR) is 79.2 cm³/mol. The summed E-state index contributed by atoms with van der Waals surface area (Å²) in [6.45, 7) is 3.69. The number of amides is 1. The maximum atomic E-state index is 13.4. The molecule has 3 rings (SSSR count). The number of fused-ring (bicyclic) bond motifs is 1. The van der Waals surface area contributed by atoms with Crippen LogP contribution in [0.4, 0.5) is 18.9 Å². The Hall–Kier alpha value is -2.51. The Balaban J connectivity index is 2.12. The Bertz CT molecular complexity index is 796. The van der Waals surface area contributed by atoms with Gasteiger partial charge in [-0.05, 0) is 16.8 Å². The van der Waals surface area contributed by atoms with Crippen molar-refractivity contribution in [2.24, 2.45) is 0 Å². The number of halogens is 3. The number of benzene rings is 1. The summed E-state index contributed by atoms with van der Waals surface area (Å²) < 4.78 is 49.9. The van der Waals surface area contributed by atoms with E-state index in [0.29, 0.717) is 5.56 Å². The number of ether oxygens (including phenoxy) is 1. The zero-order valence-corrected chi connectivity index (χ0v) is 13.3. The minimum absolute atomic E-state index is 0.0844. The molecule has 1 aliphatic rings. The van der Waals surface area contributed by atoms with Crippen molar-refractivity contribution >= 4 is 11.6 Å². The second kappa shape index (κ2) is 5.25. The zero-order valence-electron chi connectivity index (χ0n) is 13.3. The molecule has 2 heterocycles. The number of anilines is 1. The fourth-order valence-electron chi connectivity index (χ4n) is 2.93. The molecular weight excluding hydrogens is 325 g/mol. The van der Waals surface area contributed by atoms with Crippen molar-refractivity contribution in [2.45, 2.75) is 25.4 Å². The quantitative estimate of drug-likeness (QED) is 0.837. The highest BCUT2D eigenvalue weighted by atomic mass is 19.4. The van der Waals surface area contributed by atoms with Gasteiger partial charge >= 0.3 is 6.18 Å². The van der Waals surface area contributed by atoms with Gasteiger partial charge in [0, 0.05) is 12.0 Å². The number of nitrogens with zero attached hydrogens (tertiary/aromatic N) is 2. The van der Waals surface area contributed by atoms with Gasteiger partial charge in [0.25, 0.3) is 11.8 Å². The van der Waals surface area contributed by atoms with Gasteiger partial charge in [0.15, 0.2) is 0 Å². The lowest BCUT2D eigenvalue weighted by molar-refractivity contribution is -0.137. The Morgan fingerprint density at radius 1 is 1.38 bits per heavy atom. The lowest BCUT2D eigenvalue weighted by Gasteiger charge is -2.20. The van der Waals surface area contributed by atoms with Crippen LogP contribution in [-0.4, -0.2) is 24.7 Å². The molecule has 24 heavy (non-hydrogen) atoms. The van der Waals surface area contributed by atoms with Crippen LogP contribution in [0.5, 0.6) is 5.88 Å². The summed E-state index contributed by atoms with van der Waals surface area (Å²) in [7, 11) is 1.35. The van der Waals surface area contributed by atoms with E-state index < -0.39 is 23.1 Å². The number of aromatic nitrogens is 1. The van der Waals surface area contributed by atoms with E-state index in [1.54, 1.807) is 19.9 Å². The Morgan fingerprint density at radius 3 is 2.67 bits per heavy atom. The molecule has 0 atom stereocenters. The number of hydrogen-bond acceptors (Lipinski definition) is 4. The van der Waals surface area contributed by atoms with Gasteiger partial charge in [-0.1, -0.05) is 26.0 Å².